The van der Waals surface area contributed by atoms with Crippen molar-refractivity contribution in [1.29, 1.82) is 0 Å². The topological polar surface area (TPSA) is 41.6 Å². The summed E-state index contributed by atoms with van der Waals surface area (Å²) in [5.41, 5.74) is 2.15. The fourth-order valence-electron chi connectivity index (χ4n) is 3.20. The van der Waals surface area contributed by atoms with Crippen LogP contribution < -0.4 is 5.32 Å². The SMILES string of the molecule is CCC(C)c1ccccc1NC(=O)C(C)N1CC(C)OC(C)C1. The molecule has 23 heavy (non-hydrogen) atoms. The Bertz CT molecular complexity index is 522. The molecule has 4 atom stereocenters. The van der Waals surface area contributed by atoms with Crippen molar-refractivity contribution in [3.8, 4) is 0 Å². The molecule has 1 N–H and O–H groups in total. The summed E-state index contributed by atoms with van der Waals surface area (Å²) in [5, 5.41) is 3.13. The molecule has 1 saturated heterocycles. The summed E-state index contributed by atoms with van der Waals surface area (Å²) in [6, 6.07) is 7.95. The average molecular weight is 318 g/mol. The lowest BCUT2D eigenvalue weighted by Crippen LogP contribution is -2.52. The highest BCUT2D eigenvalue weighted by atomic mass is 16.5. The first-order valence-electron chi connectivity index (χ1n) is 8.71. The van der Waals surface area contributed by atoms with Crippen LogP contribution in [-0.4, -0.2) is 42.1 Å². The zero-order chi connectivity index (χ0) is 17.0. The van der Waals surface area contributed by atoms with Gasteiger partial charge in [0.1, 0.15) is 0 Å². The van der Waals surface area contributed by atoms with Crippen LogP contribution in [0.1, 0.15) is 52.5 Å². The normalized spacial score (nSPS) is 24.9. The number of rotatable bonds is 5. The van der Waals surface area contributed by atoms with Gasteiger partial charge < -0.3 is 10.1 Å². The Morgan fingerprint density at radius 1 is 1.26 bits per heavy atom. The summed E-state index contributed by atoms with van der Waals surface area (Å²) in [4.78, 5) is 14.9. The molecular weight excluding hydrogens is 288 g/mol. The molecule has 0 bridgehead atoms. The standard InChI is InChI=1S/C19H30N2O2/c1-6-13(2)17-9-7-8-10-18(17)20-19(22)16(5)21-11-14(3)23-15(4)12-21/h7-10,13-16H,6,11-12H2,1-5H3,(H,20,22). The monoisotopic (exact) mass is 318 g/mol. The number of amides is 1. The lowest BCUT2D eigenvalue weighted by molar-refractivity contribution is -0.126. The van der Waals surface area contributed by atoms with E-state index in [-0.39, 0.29) is 24.2 Å². The largest absolute Gasteiger partial charge is 0.373 e. The van der Waals surface area contributed by atoms with Crippen LogP contribution >= 0.6 is 0 Å². The highest BCUT2D eigenvalue weighted by Crippen LogP contribution is 2.27. The average Bonchev–Trinajstić information content (AvgIpc) is 2.53. The van der Waals surface area contributed by atoms with Gasteiger partial charge in [0.2, 0.25) is 5.91 Å². The Balaban J connectivity index is 2.07. The zero-order valence-corrected chi connectivity index (χ0v) is 15.0. The molecule has 1 amide bonds. The van der Waals surface area contributed by atoms with Crippen molar-refractivity contribution in [2.45, 2.75) is 65.2 Å². The van der Waals surface area contributed by atoms with E-state index >= 15 is 0 Å². The van der Waals surface area contributed by atoms with Crippen LogP contribution in [-0.2, 0) is 9.53 Å². The van der Waals surface area contributed by atoms with Gasteiger partial charge in [-0.15, -0.1) is 0 Å². The number of anilines is 1. The van der Waals surface area contributed by atoms with Crippen LogP contribution in [0.15, 0.2) is 24.3 Å². The van der Waals surface area contributed by atoms with E-state index in [0.717, 1.165) is 25.2 Å². The predicted octanol–water partition coefficient (Wildman–Crippen LogP) is 3.64. The van der Waals surface area contributed by atoms with Crippen molar-refractivity contribution in [3.05, 3.63) is 29.8 Å². The maximum atomic E-state index is 12.7. The molecule has 0 spiro atoms. The molecular formula is C19H30N2O2. The minimum Gasteiger partial charge on any atom is -0.373 e. The van der Waals surface area contributed by atoms with Gasteiger partial charge in [-0.2, -0.15) is 0 Å². The van der Waals surface area contributed by atoms with Gasteiger partial charge in [0, 0.05) is 18.8 Å². The minimum atomic E-state index is -0.159. The molecule has 2 rings (SSSR count). The molecule has 0 radical (unpaired) electrons. The smallest absolute Gasteiger partial charge is 0.241 e. The number of ether oxygens (including phenoxy) is 1. The summed E-state index contributed by atoms with van der Waals surface area (Å²) in [6.07, 6.45) is 1.39. The molecule has 1 aromatic carbocycles. The summed E-state index contributed by atoms with van der Waals surface area (Å²) in [5.74, 6) is 0.493. The Hall–Kier alpha value is -1.39. The van der Waals surface area contributed by atoms with E-state index < -0.39 is 0 Å². The Morgan fingerprint density at radius 3 is 2.48 bits per heavy atom. The fourth-order valence-corrected chi connectivity index (χ4v) is 3.20. The second-order valence-corrected chi connectivity index (χ2v) is 6.77. The van der Waals surface area contributed by atoms with Crippen molar-refractivity contribution in [3.63, 3.8) is 0 Å². The highest BCUT2D eigenvalue weighted by molar-refractivity contribution is 5.95. The number of para-hydroxylation sites is 1. The summed E-state index contributed by atoms with van der Waals surface area (Å²) in [7, 11) is 0. The Morgan fingerprint density at radius 2 is 1.87 bits per heavy atom. The van der Waals surface area contributed by atoms with Gasteiger partial charge in [-0.05, 0) is 44.7 Å². The van der Waals surface area contributed by atoms with E-state index in [1.807, 2.05) is 25.1 Å². The van der Waals surface area contributed by atoms with Crippen LogP contribution in [0.3, 0.4) is 0 Å². The van der Waals surface area contributed by atoms with E-state index in [2.05, 4.69) is 44.0 Å². The first-order chi connectivity index (χ1) is 10.9. The van der Waals surface area contributed by atoms with Crippen LogP contribution in [0.25, 0.3) is 0 Å². The summed E-state index contributed by atoms with van der Waals surface area (Å²) < 4.78 is 5.76. The van der Waals surface area contributed by atoms with Crippen LogP contribution in [0.5, 0.6) is 0 Å². The third-order valence-corrected chi connectivity index (χ3v) is 4.74. The minimum absolute atomic E-state index is 0.0575. The molecule has 1 aliphatic heterocycles. The van der Waals surface area contributed by atoms with Crippen molar-refractivity contribution >= 4 is 11.6 Å². The molecule has 1 aromatic rings. The molecule has 1 fully saturated rings. The maximum absolute atomic E-state index is 12.7. The second-order valence-electron chi connectivity index (χ2n) is 6.77. The second kappa shape index (κ2) is 7.93. The third kappa shape index (κ3) is 4.55. The van der Waals surface area contributed by atoms with E-state index in [9.17, 15) is 4.79 Å². The summed E-state index contributed by atoms with van der Waals surface area (Å²) >= 11 is 0. The Labute approximate surface area is 140 Å². The van der Waals surface area contributed by atoms with Crippen LogP contribution in [0, 0.1) is 0 Å². The van der Waals surface area contributed by atoms with Gasteiger partial charge in [0.05, 0.1) is 18.2 Å². The highest BCUT2D eigenvalue weighted by Gasteiger charge is 2.29. The summed E-state index contributed by atoms with van der Waals surface area (Å²) in [6.45, 7) is 12.1. The van der Waals surface area contributed by atoms with Gasteiger partial charge >= 0.3 is 0 Å². The van der Waals surface area contributed by atoms with E-state index in [0.29, 0.717) is 5.92 Å². The third-order valence-electron chi connectivity index (χ3n) is 4.74. The molecule has 4 heteroatoms. The maximum Gasteiger partial charge on any atom is 0.241 e. The quantitative estimate of drug-likeness (QED) is 0.901. The molecule has 0 aliphatic carbocycles. The van der Waals surface area contributed by atoms with Crippen molar-refractivity contribution in [2.24, 2.45) is 0 Å². The molecule has 4 nitrogen and oxygen atoms in total. The van der Waals surface area contributed by atoms with Crippen molar-refractivity contribution in [1.82, 2.24) is 4.90 Å². The lowest BCUT2D eigenvalue weighted by Gasteiger charge is -2.38. The number of hydrogen-bond acceptors (Lipinski definition) is 3. The van der Waals surface area contributed by atoms with E-state index in [1.54, 1.807) is 0 Å². The number of hydrogen-bond donors (Lipinski definition) is 1. The van der Waals surface area contributed by atoms with Crippen molar-refractivity contribution in [2.75, 3.05) is 18.4 Å². The molecule has 1 heterocycles. The van der Waals surface area contributed by atoms with Gasteiger partial charge in [-0.3, -0.25) is 9.69 Å². The van der Waals surface area contributed by atoms with Crippen LogP contribution in [0.4, 0.5) is 5.69 Å². The number of morpholine rings is 1. The molecule has 128 valence electrons. The number of benzene rings is 1. The van der Waals surface area contributed by atoms with Gasteiger partial charge in [0.15, 0.2) is 0 Å². The first-order valence-corrected chi connectivity index (χ1v) is 8.71. The van der Waals surface area contributed by atoms with Gasteiger partial charge in [-0.1, -0.05) is 32.0 Å². The van der Waals surface area contributed by atoms with Crippen molar-refractivity contribution < 1.29 is 9.53 Å². The molecule has 0 aromatic heterocycles. The molecule has 4 unspecified atom stereocenters. The molecule has 1 aliphatic rings. The number of nitrogens with zero attached hydrogens (tertiary/aromatic N) is 1. The zero-order valence-electron chi connectivity index (χ0n) is 15.0. The number of carbonyl (C=O) groups is 1. The predicted molar refractivity (Wildman–Crippen MR) is 94.8 cm³/mol. The number of carbonyl (C=O) groups excluding carboxylic acids is 1. The van der Waals surface area contributed by atoms with Gasteiger partial charge in [0.25, 0.3) is 0 Å². The van der Waals surface area contributed by atoms with E-state index in [1.165, 1.54) is 5.56 Å². The number of nitrogens with one attached hydrogen (secondary N) is 1. The molecule has 0 saturated carbocycles. The fraction of sp³-hybridized carbons (Fsp3) is 0.632. The Kier molecular flexibility index (Phi) is 6.19. The first kappa shape index (κ1) is 18.0. The van der Waals surface area contributed by atoms with Crippen LogP contribution in [0.2, 0.25) is 0 Å². The van der Waals surface area contributed by atoms with Gasteiger partial charge in [-0.25, -0.2) is 0 Å². The lowest BCUT2D eigenvalue weighted by atomic mass is 9.97. The van der Waals surface area contributed by atoms with E-state index in [4.69, 9.17) is 4.74 Å².